The number of nitrogens with zero attached hydrogens (tertiary/aromatic N) is 3. The highest BCUT2D eigenvalue weighted by Crippen LogP contribution is 2.39. The zero-order chi connectivity index (χ0) is 14.2. The summed E-state index contributed by atoms with van der Waals surface area (Å²) in [7, 11) is 0. The number of hydrogen-bond acceptors (Lipinski definition) is 4. The van der Waals surface area contributed by atoms with Crippen LogP contribution in [0.15, 0.2) is 6.07 Å². The van der Waals surface area contributed by atoms with Crippen LogP contribution in [0.3, 0.4) is 0 Å². The van der Waals surface area contributed by atoms with Crippen LogP contribution in [0.4, 0.5) is 0 Å². The number of aromatic nitrogens is 2. The van der Waals surface area contributed by atoms with Crippen LogP contribution in [0.5, 0.6) is 0 Å². The average molecular weight is 296 g/mol. The van der Waals surface area contributed by atoms with E-state index < -0.39 is 5.60 Å². The smallest absolute Gasteiger partial charge is 0.144 e. The first-order valence-electron chi connectivity index (χ1n) is 7.50. The van der Waals surface area contributed by atoms with E-state index >= 15 is 0 Å². The Morgan fingerprint density at radius 2 is 2.25 bits per heavy atom. The number of piperidine rings is 1. The molecule has 2 fully saturated rings. The predicted octanol–water partition coefficient (Wildman–Crippen LogP) is 2.57. The Balaban J connectivity index is 1.67. The summed E-state index contributed by atoms with van der Waals surface area (Å²) in [5, 5.41) is 11.2. The number of aliphatic hydroxyl groups is 1. The first-order valence-corrected chi connectivity index (χ1v) is 7.88. The lowest BCUT2D eigenvalue weighted by atomic mass is 9.71. The molecule has 0 amide bonds. The second-order valence-electron chi connectivity index (χ2n) is 6.28. The van der Waals surface area contributed by atoms with Crippen molar-refractivity contribution in [2.24, 2.45) is 5.92 Å². The second kappa shape index (κ2) is 5.58. The van der Waals surface area contributed by atoms with Crippen molar-refractivity contribution >= 4 is 11.6 Å². The number of halogens is 1. The van der Waals surface area contributed by atoms with E-state index in [0.717, 1.165) is 50.4 Å². The molecule has 2 unspecified atom stereocenters. The van der Waals surface area contributed by atoms with E-state index in [1.165, 1.54) is 12.8 Å². The largest absolute Gasteiger partial charge is 0.390 e. The van der Waals surface area contributed by atoms with Gasteiger partial charge < -0.3 is 5.11 Å². The summed E-state index contributed by atoms with van der Waals surface area (Å²) in [4.78, 5) is 11.1. The number of aryl methyl sites for hydroxylation is 1. The van der Waals surface area contributed by atoms with Gasteiger partial charge in [-0.2, -0.15) is 0 Å². The maximum Gasteiger partial charge on any atom is 0.144 e. The summed E-state index contributed by atoms with van der Waals surface area (Å²) in [5.41, 5.74) is 0.492. The van der Waals surface area contributed by atoms with Crippen LogP contribution >= 0.6 is 11.6 Å². The Morgan fingerprint density at radius 3 is 3.05 bits per heavy atom. The van der Waals surface area contributed by atoms with E-state index in [1.54, 1.807) is 6.07 Å². The monoisotopic (exact) mass is 295 g/mol. The lowest BCUT2D eigenvalue weighted by Crippen LogP contribution is -2.53. The Labute approximate surface area is 125 Å². The van der Waals surface area contributed by atoms with Crippen LogP contribution < -0.4 is 0 Å². The quantitative estimate of drug-likeness (QED) is 0.852. The van der Waals surface area contributed by atoms with Gasteiger partial charge in [0.15, 0.2) is 0 Å². The van der Waals surface area contributed by atoms with Crippen LogP contribution in [-0.4, -0.2) is 38.7 Å². The SMILES string of the molecule is Cc1cc(Cl)nc(CN2CCC3(O)CCCCC3C2)n1. The highest BCUT2D eigenvalue weighted by atomic mass is 35.5. The highest BCUT2D eigenvalue weighted by molar-refractivity contribution is 6.29. The average Bonchev–Trinajstić information content (AvgIpc) is 2.38. The maximum absolute atomic E-state index is 10.7. The fourth-order valence-corrected chi connectivity index (χ4v) is 3.90. The van der Waals surface area contributed by atoms with Crippen LogP contribution in [0.25, 0.3) is 0 Å². The van der Waals surface area contributed by atoms with Gasteiger partial charge in [0.2, 0.25) is 0 Å². The fourth-order valence-electron chi connectivity index (χ4n) is 3.64. The van der Waals surface area contributed by atoms with Gasteiger partial charge in [-0.1, -0.05) is 24.4 Å². The normalized spacial score (nSPS) is 31.1. The summed E-state index contributed by atoms with van der Waals surface area (Å²) in [6.45, 7) is 4.54. The highest BCUT2D eigenvalue weighted by Gasteiger charge is 2.42. The van der Waals surface area contributed by atoms with E-state index in [4.69, 9.17) is 11.6 Å². The Kier molecular flexibility index (Phi) is 3.98. The van der Waals surface area contributed by atoms with E-state index in [1.807, 2.05) is 6.92 Å². The van der Waals surface area contributed by atoms with Gasteiger partial charge in [-0.15, -0.1) is 0 Å². The van der Waals surface area contributed by atoms with E-state index in [9.17, 15) is 5.11 Å². The number of rotatable bonds is 2. The molecule has 2 atom stereocenters. The molecular weight excluding hydrogens is 274 g/mol. The van der Waals surface area contributed by atoms with Crippen molar-refractivity contribution in [1.82, 2.24) is 14.9 Å². The summed E-state index contributed by atoms with van der Waals surface area (Å²) in [6.07, 6.45) is 5.40. The number of fused-ring (bicyclic) bond motifs is 1. The van der Waals surface area contributed by atoms with E-state index in [-0.39, 0.29) is 0 Å². The Hall–Kier alpha value is -0.710. The number of hydrogen-bond donors (Lipinski definition) is 1. The molecule has 1 saturated carbocycles. The van der Waals surface area contributed by atoms with E-state index in [2.05, 4.69) is 14.9 Å². The lowest BCUT2D eigenvalue weighted by Gasteiger charge is -2.47. The van der Waals surface area contributed by atoms with Gasteiger partial charge >= 0.3 is 0 Å². The summed E-state index contributed by atoms with van der Waals surface area (Å²) >= 11 is 5.99. The lowest BCUT2D eigenvalue weighted by molar-refractivity contribution is -0.0971. The molecule has 0 aromatic carbocycles. The molecule has 2 heterocycles. The molecule has 0 bridgehead atoms. The Bertz CT molecular complexity index is 476. The van der Waals surface area contributed by atoms with Gasteiger partial charge in [0.1, 0.15) is 11.0 Å². The molecule has 4 nitrogen and oxygen atoms in total. The van der Waals surface area contributed by atoms with E-state index in [0.29, 0.717) is 11.1 Å². The van der Waals surface area contributed by atoms with Crippen molar-refractivity contribution < 1.29 is 5.11 Å². The van der Waals surface area contributed by atoms with Gasteiger partial charge in [0, 0.05) is 24.7 Å². The van der Waals surface area contributed by atoms with Gasteiger partial charge in [0.05, 0.1) is 12.1 Å². The van der Waals surface area contributed by atoms with Crippen molar-refractivity contribution in [2.75, 3.05) is 13.1 Å². The van der Waals surface area contributed by atoms with Crippen LogP contribution in [0, 0.1) is 12.8 Å². The second-order valence-corrected chi connectivity index (χ2v) is 6.67. The zero-order valence-corrected chi connectivity index (χ0v) is 12.7. The third-order valence-corrected chi connectivity index (χ3v) is 4.94. The first kappa shape index (κ1) is 14.2. The minimum absolute atomic E-state index is 0.408. The van der Waals surface area contributed by atoms with Crippen molar-refractivity contribution in [3.63, 3.8) is 0 Å². The molecular formula is C15H22ClN3O. The molecule has 1 N–H and O–H groups in total. The van der Waals surface area contributed by atoms with Gasteiger partial charge in [-0.25, -0.2) is 9.97 Å². The summed E-state index contributed by atoms with van der Waals surface area (Å²) in [5.74, 6) is 1.20. The standard InChI is InChI=1S/C15H22ClN3O/c1-11-8-13(16)18-14(17-11)10-19-7-6-15(20)5-3-2-4-12(15)9-19/h8,12,20H,2-7,9-10H2,1H3. The molecule has 1 aliphatic heterocycles. The van der Waals surface area contributed by atoms with Crippen molar-refractivity contribution in [2.45, 2.75) is 51.2 Å². The molecule has 20 heavy (non-hydrogen) atoms. The molecule has 0 spiro atoms. The minimum Gasteiger partial charge on any atom is -0.390 e. The third kappa shape index (κ3) is 2.97. The molecule has 2 aliphatic rings. The van der Waals surface area contributed by atoms with Crippen molar-refractivity contribution in [1.29, 1.82) is 0 Å². The maximum atomic E-state index is 10.7. The number of likely N-dealkylation sites (tertiary alicyclic amines) is 1. The van der Waals surface area contributed by atoms with Gasteiger partial charge in [-0.3, -0.25) is 4.90 Å². The first-order chi connectivity index (χ1) is 9.55. The van der Waals surface area contributed by atoms with Crippen LogP contribution in [-0.2, 0) is 6.54 Å². The molecule has 5 heteroatoms. The summed E-state index contributed by atoms with van der Waals surface area (Å²) < 4.78 is 0. The topological polar surface area (TPSA) is 49.2 Å². The molecule has 1 saturated heterocycles. The van der Waals surface area contributed by atoms with Gasteiger partial charge in [-0.05, 0) is 32.3 Å². The molecule has 1 aromatic heterocycles. The van der Waals surface area contributed by atoms with Crippen LogP contribution in [0.1, 0.15) is 43.6 Å². The minimum atomic E-state index is -0.417. The molecule has 3 rings (SSSR count). The predicted molar refractivity (Wildman–Crippen MR) is 78.6 cm³/mol. The molecule has 1 aliphatic carbocycles. The molecule has 0 radical (unpaired) electrons. The molecule has 1 aromatic rings. The van der Waals surface area contributed by atoms with Crippen molar-refractivity contribution in [3.05, 3.63) is 22.7 Å². The fraction of sp³-hybridized carbons (Fsp3) is 0.733. The molecule has 110 valence electrons. The van der Waals surface area contributed by atoms with Crippen LogP contribution in [0.2, 0.25) is 5.15 Å². The van der Waals surface area contributed by atoms with Gasteiger partial charge in [0.25, 0.3) is 0 Å². The third-order valence-electron chi connectivity index (χ3n) is 4.75. The van der Waals surface area contributed by atoms with Crippen molar-refractivity contribution in [3.8, 4) is 0 Å². The Morgan fingerprint density at radius 1 is 1.40 bits per heavy atom. The zero-order valence-electron chi connectivity index (χ0n) is 12.0. The summed E-state index contributed by atoms with van der Waals surface area (Å²) in [6, 6.07) is 1.78.